The van der Waals surface area contributed by atoms with E-state index in [4.69, 9.17) is 4.74 Å². The molecule has 17 heavy (non-hydrogen) atoms. The van der Waals surface area contributed by atoms with Crippen LogP contribution < -0.4 is 0 Å². The van der Waals surface area contributed by atoms with Crippen LogP contribution in [-0.4, -0.2) is 22.2 Å². The largest absolute Gasteiger partial charge is 0.359 e. The molecule has 0 bridgehead atoms. The number of aromatic nitrogens is 2. The summed E-state index contributed by atoms with van der Waals surface area (Å²) in [6, 6.07) is 0. The van der Waals surface area contributed by atoms with Gasteiger partial charge >= 0.3 is 0 Å². The Balaban J connectivity index is 2.33. The second-order valence-corrected chi connectivity index (χ2v) is 5.39. The quantitative estimate of drug-likeness (QED) is 0.565. The zero-order valence-corrected chi connectivity index (χ0v) is 11.2. The van der Waals surface area contributed by atoms with Gasteiger partial charge in [0.25, 0.3) is 0 Å². The highest BCUT2D eigenvalue weighted by Crippen LogP contribution is 2.17. The van der Waals surface area contributed by atoms with Crippen LogP contribution >= 0.6 is 0 Å². The van der Waals surface area contributed by atoms with Crippen molar-refractivity contribution >= 4 is 5.78 Å². The zero-order valence-electron chi connectivity index (χ0n) is 11.2. The molecule has 0 aliphatic heterocycles. The van der Waals surface area contributed by atoms with Crippen molar-refractivity contribution in [3.05, 3.63) is 18.0 Å². The van der Waals surface area contributed by atoms with E-state index in [1.807, 2.05) is 6.92 Å². The summed E-state index contributed by atoms with van der Waals surface area (Å²) in [4.78, 5) is 11.4. The van der Waals surface area contributed by atoms with Crippen molar-refractivity contribution in [2.24, 2.45) is 5.41 Å². The lowest BCUT2D eigenvalue weighted by atomic mass is 9.93. The van der Waals surface area contributed by atoms with E-state index in [1.54, 1.807) is 17.1 Å². The molecule has 0 fully saturated rings. The monoisotopic (exact) mass is 238 g/mol. The summed E-state index contributed by atoms with van der Waals surface area (Å²) in [5.74, 6) is 0.117. The van der Waals surface area contributed by atoms with E-state index in [0.29, 0.717) is 25.3 Å². The number of hydrogen-bond donors (Lipinski definition) is 0. The molecule has 4 heteroatoms. The summed E-state index contributed by atoms with van der Waals surface area (Å²) in [6.07, 6.45) is 4.85. The van der Waals surface area contributed by atoms with Gasteiger partial charge in [0.05, 0.1) is 11.8 Å². The van der Waals surface area contributed by atoms with Crippen LogP contribution in [0.25, 0.3) is 0 Å². The number of carbonyl (C=O) groups excluding carboxylic acids is 1. The lowest BCUT2D eigenvalue weighted by Crippen LogP contribution is -2.11. The molecule has 0 aliphatic carbocycles. The molecule has 4 nitrogen and oxygen atoms in total. The van der Waals surface area contributed by atoms with Crippen LogP contribution in [0, 0.1) is 5.41 Å². The van der Waals surface area contributed by atoms with Crippen molar-refractivity contribution in [3.8, 4) is 0 Å². The third-order valence-electron chi connectivity index (χ3n) is 2.50. The maximum absolute atomic E-state index is 11.4. The molecule has 1 rings (SSSR count). The Bertz CT molecular complexity index is 364. The highest BCUT2D eigenvalue weighted by Gasteiger charge is 2.10. The number of Topliss-reactive ketones (excluding diaryl/α,β-unsaturated/α-hetero) is 1. The second-order valence-electron chi connectivity index (χ2n) is 5.39. The molecule has 0 radical (unpaired) electrons. The van der Waals surface area contributed by atoms with Gasteiger partial charge in [0.15, 0.2) is 5.78 Å². The van der Waals surface area contributed by atoms with Gasteiger partial charge in [0.2, 0.25) is 0 Å². The van der Waals surface area contributed by atoms with E-state index in [0.717, 1.165) is 6.42 Å². The van der Waals surface area contributed by atoms with Crippen molar-refractivity contribution in [2.45, 2.75) is 47.3 Å². The predicted molar refractivity (Wildman–Crippen MR) is 66.9 cm³/mol. The Morgan fingerprint density at radius 1 is 1.47 bits per heavy atom. The summed E-state index contributed by atoms with van der Waals surface area (Å²) in [5, 5.41) is 4.09. The first kappa shape index (κ1) is 13.9. The molecule has 0 unspecified atom stereocenters. The Kier molecular flexibility index (Phi) is 4.87. The molecule has 0 aromatic carbocycles. The Hall–Kier alpha value is -1.16. The molecule has 0 spiro atoms. The van der Waals surface area contributed by atoms with Crippen LogP contribution in [0.15, 0.2) is 12.4 Å². The van der Waals surface area contributed by atoms with E-state index in [2.05, 4.69) is 25.9 Å². The fourth-order valence-electron chi connectivity index (χ4n) is 1.32. The summed E-state index contributed by atoms with van der Waals surface area (Å²) in [7, 11) is 0. The van der Waals surface area contributed by atoms with Crippen LogP contribution in [0.1, 0.15) is 50.9 Å². The van der Waals surface area contributed by atoms with Crippen LogP contribution in [0.2, 0.25) is 0 Å². The number of rotatable bonds is 6. The van der Waals surface area contributed by atoms with Crippen molar-refractivity contribution < 1.29 is 9.53 Å². The summed E-state index contributed by atoms with van der Waals surface area (Å²) >= 11 is 0. The first-order valence-electron chi connectivity index (χ1n) is 6.06. The van der Waals surface area contributed by atoms with E-state index in [9.17, 15) is 4.79 Å². The van der Waals surface area contributed by atoms with Crippen LogP contribution in [0.5, 0.6) is 0 Å². The Morgan fingerprint density at radius 3 is 2.76 bits per heavy atom. The maximum atomic E-state index is 11.4. The second kappa shape index (κ2) is 5.96. The minimum absolute atomic E-state index is 0.117. The molecule has 1 aromatic heterocycles. The summed E-state index contributed by atoms with van der Waals surface area (Å²) in [6.45, 7) is 9.51. The highest BCUT2D eigenvalue weighted by atomic mass is 16.5. The molecule has 0 saturated heterocycles. The third-order valence-corrected chi connectivity index (χ3v) is 2.50. The normalized spacial score (nSPS) is 11.8. The number of ether oxygens (including phenoxy) is 1. The SMILES string of the molecule is CCC(=O)c1cnn(COCCC(C)(C)C)c1. The average molecular weight is 238 g/mol. The first-order valence-corrected chi connectivity index (χ1v) is 6.06. The molecular formula is C13H22N2O2. The van der Waals surface area contributed by atoms with E-state index < -0.39 is 0 Å². The zero-order chi connectivity index (χ0) is 12.9. The standard InChI is InChI=1S/C13H22N2O2/c1-5-12(16)11-8-14-15(9-11)10-17-7-6-13(2,3)4/h8-9H,5-7,10H2,1-4H3. The average Bonchev–Trinajstić information content (AvgIpc) is 2.70. The van der Waals surface area contributed by atoms with Crippen LogP contribution in [-0.2, 0) is 11.5 Å². The maximum Gasteiger partial charge on any atom is 0.165 e. The highest BCUT2D eigenvalue weighted by molar-refractivity contribution is 5.95. The molecule has 0 aliphatic rings. The number of ketones is 1. The molecular weight excluding hydrogens is 216 g/mol. The van der Waals surface area contributed by atoms with E-state index in [1.165, 1.54) is 0 Å². The van der Waals surface area contributed by atoms with Crippen molar-refractivity contribution in [1.82, 2.24) is 9.78 Å². The number of carbonyl (C=O) groups is 1. The van der Waals surface area contributed by atoms with Gasteiger partial charge in [0, 0.05) is 19.2 Å². The molecule has 0 saturated carbocycles. The minimum atomic E-state index is 0.117. The van der Waals surface area contributed by atoms with Crippen molar-refractivity contribution in [2.75, 3.05) is 6.61 Å². The Labute approximate surface area is 103 Å². The fraction of sp³-hybridized carbons (Fsp3) is 0.692. The smallest absolute Gasteiger partial charge is 0.165 e. The van der Waals surface area contributed by atoms with E-state index >= 15 is 0 Å². The Morgan fingerprint density at radius 2 is 2.18 bits per heavy atom. The lowest BCUT2D eigenvalue weighted by Gasteiger charge is -2.17. The molecule has 0 N–H and O–H groups in total. The van der Waals surface area contributed by atoms with Crippen molar-refractivity contribution in [3.63, 3.8) is 0 Å². The van der Waals surface area contributed by atoms with Crippen LogP contribution in [0.3, 0.4) is 0 Å². The van der Waals surface area contributed by atoms with Crippen LogP contribution in [0.4, 0.5) is 0 Å². The first-order chi connectivity index (χ1) is 7.92. The molecule has 1 aromatic rings. The van der Waals surface area contributed by atoms with Gasteiger partial charge in [-0.2, -0.15) is 5.10 Å². The van der Waals surface area contributed by atoms with Gasteiger partial charge in [0.1, 0.15) is 6.73 Å². The molecule has 1 heterocycles. The van der Waals surface area contributed by atoms with Gasteiger partial charge in [-0.1, -0.05) is 27.7 Å². The topological polar surface area (TPSA) is 44.1 Å². The molecule has 96 valence electrons. The third kappa shape index (κ3) is 5.13. The van der Waals surface area contributed by atoms with Crippen molar-refractivity contribution in [1.29, 1.82) is 0 Å². The summed E-state index contributed by atoms with van der Waals surface area (Å²) in [5.41, 5.74) is 0.944. The minimum Gasteiger partial charge on any atom is -0.359 e. The number of hydrogen-bond acceptors (Lipinski definition) is 3. The van der Waals surface area contributed by atoms with E-state index in [-0.39, 0.29) is 11.2 Å². The fourth-order valence-corrected chi connectivity index (χ4v) is 1.32. The summed E-state index contributed by atoms with van der Waals surface area (Å²) < 4.78 is 7.17. The van der Waals surface area contributed by atoms with Gasteiger partial charge in [-0.25, -0.2) is 4.68 Å². The molecule has 0 atom stereocenters. The van der Waals surface area contributed by atoms with Gasteiger partial charge in [-0.05, 0) is 11.8 Å². The van der Waals surface area contributed by atoms with Gasteiger partial charge < -0.3 is 4.74 Å². The lowest BCUT2D eigenvalue weighted by molar-refractivity contribution is 0.0517. The van der Waals surface area contributed by atoms with Gasteiger partial charge in [-0.3, -0.25) is 4.79 Å². The van der Waals surface area contributed by atoms with Gasteiger partial charge in [-0.15, -0.1) is 0 Å². The molecule has 0 amide bonds. The number of nitrogens with zero attached hydrogens (tertiary/aromatic N) is 2. The predicted octanol–water partition coefficient (Wildman–Crippen LogP) is 2.89.